The molecule has 0 saturated heterocycles. The lowest BCUT2D eigenvalue weighted by Gasteiger charge is -2.18. The molecule has 2 amide bonds. The number of anilines is 1. The van der Waals surface area contributed by atoms with Gasteiger partial charge < -0.3 is 30.9 Å². The lowest BCUT2D eigenvalue weighted by Crippen LogP contribution is -2.28. The minimum absolute atomic E-state index is 0. The number of amides is 2. The van der Waals surface area contributed by atoms with Crippen LogP contribution in [0.3, 0.4) is 0 Å². The van der Waals surface area contributed by atoms with E-state index in [1.807, 2.05) is 18.2 Å². The molecule has 0 saturated carbocycles. The van der Waals surface area contributed by atoms with E-state index in [0.29, 0.717) is 23.5 Å². The number of aromatic carboxylic acids is 1. The van der Waals surface area contributed by atoms with Gasteiger partial charge in [-0.25, -0.2) is 14.6 Å². The molecule has 1 atom stereocenters. The number of ether oxygens (including phenoxy) is 2. The molecule has 214 valence electrons. The first-order valence-corrected chi connectivity index (χ1v) is 11.9. The largest absolute Gasteiger partial charge is 0.482 e. The summed E-state index contributed by atoms with van der Waals surface area (Å²) in [5.41, 5.74) is 8.15. The minimum Gasteiger partial charge on any atom is -0.482 e. The third-order valence-corrected chi connectivity index (χ3v) is 5.81. The molecule has 1 aliphatic heterocycles. The van der Waals surface area contributed by atoms with Crippen LogP contribution in [-0.4, -0.2) is 62.4 Å². The van der Waals surface area contributed by atoms with Crippen LogP contribution in [0.1, 0.15) is 62.9 Å². The van der Waals surface area contributed by atoms with Crippen LogP contribution in [0.25, 0.3) is 5.65 Å². The topological polar surface area (TPSA) is 200 Å². The quantitative estimate of drug-likeness (QED) is 0.251. The summed E-state index contributed by atoms with van der Waals surface area (Å²) in [6, 6.07) is 12.8. The number of carbonyl (C=O) groups excluding carboxylic acids is 3. The van der Waals surface area contributed by atoms with Crippen LogP contribution >= 0.6 is 0 Å². The van der Waals surface area contributed by atoms with E-state index in [2.05, 4.69) is 30.7 Å². The molecular weight excluding hydrogens is 534 g/mol. The maximum absolute atomic E-state index is 12.5. The van der Waals surface area contributed by atoms with Crippen molar-refractivity contribution in [2.24, 2.45) is 5.73 Å². The predicted octanol–water partition coefficient (Wildman–Crippen LogP) is 2.21. The van der Waals surface area contributed by atoms with Crippen LogP contribution < -0.4 is 21.1 Å². The number of nitrogens with one attached hydrogen (secondary N) is 2. The molecule has 2 aromatic heterocycles. The first kappa shape index (κ1) is 30.2. The summed E-state index contributed by atoms with van der Waals surface area (Å²) in [4.78, 5) is 50.4. The Morgan fingerprint density at radius 1 is 1.20 bits per heavy atom. The average molecular weight is 564 g/mol. The fourth-order valence-corrected chi connectivity index (χ4v) is 3.73. The number of hydrogen-bond donors (Lipinski definition) is 4. The van der Waals surface area contributed by atoms with E-state index < -0.39 is 23.9 Å². The summed E-state index contributed by atoms with van der Waals surface area (Å²) in [7, 11) is 1.30. The highest BCUT2D eigenvalue weighted by molar-refractivity contribution is 5.96. The fourth-order valence-electron chi connectivity index (χ4n) is 3.73. The monoisotopic (exact) mass is 563 g/mol. The van der Waals surface area contributed by atoms with Crippen molar-refractivity contribution in [1.29, 1.82) is 0 Å². The van der Waals surface area contributed by atoms with Crippen LogP contribution in [0.2, 0.25) is 0 Å². The second-order valence-electron chi connectivity index (χ2n) is 8.52. The SMILES string of the molecule is C.COC(=O)c1ccc([C@@H](C)NC(=O)c2cc(C(=O)O)n3nncc3n2)cc1.NCc1ccc2c(c1)NC(=O)CO2. The van der Waals surface area contributed by atoms with Gasteiger partial charge in [-0.15, -0.1) is 5.10 Å². The van der Waals surface area contributed by atoms with E-state index in [1.54, 1.807) is 31.2 Å². The zero-order valence-corrected chi connectivity index (χ0v) is 21.5. The number of aromatic nitrogens is 4. The first-order valence-electron chi connectivity index (χ1n) is 11.9. The molecule has 0 bridgehead atoms. The Morgan fingerprint density at radius 3 is 2.59 bits per heavy atom. The first-order chi connectivity index (χ1) is 19.2. The summed E-state index contributed by atoms with van der Waals surface area (Å²) >= 11 is 0. The number of fused-ring (bicyclic) bond motifs is 2. The van der Waals surface area contributed by atoms with Crippen molar-refractivity contribution in [3.8, 4) is 5.75 Å². The standard InChI is InChI=1S/C17H15N5O5.C9H10N2O2.CH4/c1-9(10-3-5-11(6-4-10)17(26)27-2)19-15(23)12-7-13(16(24)25)22-14(20-12)8-18-21-22;10-4-6-1-2-8-7(3-6)11-9(12)5-13-8;/h3-9H,1-2H3,(H,19,23)(H,24,25);1-3H,4-5,10H2,(H,11,12);1H4/t9-;;/m1../s1. The maximum atomic E-state index is 12.5. The van der Waals surface area contributed by atoms with E-state index in [-0.39, 0.29) is 37.0 Å². The smallest absolute Gasteiger partial charge is 0.354 e. The van der Waals surface area contributed by atoms with Crippen LogP contribution in [0.5, 0.6) is 5.75 Å². The molecule has 3 heterocycles. The third-order valence-electron chi connectivity index (χ3n) is 5.81. The Bertz CT molecular complexity index is 1580. The van der Waals surface area contributed by atoms with Crippen molar-refractivity contribution < 1.29 is 33.8 Å². The molecule has 14 heteroatoms. The number of nitrogens with zero attached hydrogens (tertiary/aromatic N) is 4. The molecule has 0 fully saturated rings. The Kier molecular flexibility index (Phi) is 9.66. The van der Waals surface area contributed by atoms with Gasteiger partial charge in [0.2, 0.25) is 0 Å². The van der Waals surface area contributed by atoms with E-state index >= 15 is 0 Å². The number of esters is 1. The Hall–Kier alpha value is -5.37. The predicted molar refractivity (Wildman–Crippen MR) is 147 cm³/mol. The molecule has 5 rings (SSSR count). The molecule has 14 nitrogen and oxygen atoms in total. The van der Waals surface area contributed by atoms with Gasteiger partial charge in [0.05, 0.1) is 30.6 Å². The van der Waals surface area contributed by atoms with Gasteiger partial charge in [-0.1, -0.05) is 30.8 Å². The molecule has 2 aromatic carbocycles. The number of carboxylic acids is 1. The Morgan fingerprint density at radius 2 is 1.93 bits per heavy atom. The maximum Gasteiger partial charge on any atom is 0.354 e. The van der Waals surface area contributed by atoms with Gasteiger partial charge in [-0.2, -0.15) is 4.52 Å². The molecule has 0 aliphatic carbocycles. The molecule has 0 unspecified atom stereocenters. The van der Waals surface area contributed by atoms with Crippen molar-refractivity contribution in [3.05, 3.63) is 82.8 Å². The Balaban J connectivity index is 0.000000276. The summed E-state index contributed by atoms with van der Waals surface area (Å²) in [6.07, 6.45) is 1.26. The van der Waals surface area contributed by atoms with Gasteiger partial charge in [-0.05, 0) is 42.3 Å². The van der Waals surface area contributed by atoms with Crippen molar-refractivity contribution in [1.82, 2.24) is 25.1 Å². The van der Waals surface area contributed by atoms with Crippen LogP contribution in [-0.2, 0) is 16.1 Å². The number of hydrogen-bond acceptors (Lipinski definition) is 10. The summed E-state index contributed by atoms with van der Waals surface area (Å²) in [5.74, 6) is -1.68. The normalized spacial score (nSPS) is 12.3. The molecule has 4 aromatic rings. The van der Waals surface area contributed by atoms with Crippen molar-refractivity contribution in [2.45, 2.75) is 26.9 Å². The van der Waals surface area contributed by atoms with Crippen LogP contribution in [0.4, 0.5) is 5.69 Å². The summed E-state index contributed by atoms with van der Waals surface area (Å²) in [5, 5.41) is 22.0. The van der Waals surface area contributed by atoms with E-state index in [0.717, 1.165) is 21.7 Å². The lowest BCUT2D eigenvalue weighted by molar-refractivity contribution is -0.118. The van der Waals surface area contributed by atoms with Gasteiger partial charge in [0.15, 0.2) is 17.9 Å². The van der Waals surface area contributed by atoms with Gasteiger partial charge in [0.1, 0.15) is 11.4 Å². The second-order valence-corrected chi connectivity index (χ2v) is 8.52. The summed E-state index contributed by atoms with van der Waals surface area (Å²) in [6.45, 7) is 2.31. The number of methoxy groups -OCH3 is 1. The van der Waals surface area contributed by atoms with Gasteiger partial charge in [-0.3, -0.25) is 9.59 Å². The van der Waals surface area contributed by atoms with Gasteiger partial charge >= 0.3 is 11.9 Å². The lowest BCUT2D eigenvalue weighted by atomic mass is 10.1. The molecule has 41 heavy (non-hydrogen) atoms. The molecule has 0 spiro atoms. The van der Waals surface area contributed by atoms with Crippen molar-refractivity contribution in [2.75, 3.05) is 19.0 Å². The highest BCUT2D eigenvalue weighted by Crippen LogP contribution is 2.28. The average Bonchev–Trinajstić information content (AvgIpc) is 3.45. The zero-order chi connectivity index (χ0) is 28.8. The summed E-state index contributed by atoms with van der Waals surface area (Å²) < 4.78 is 10.9. The van der Waals surface area contributed by atoms with E-state index in [9.17, 15) is 24.3 Å². The number of benzene rings is 2. The van der Waals surface area contributed by atoms with E-state index in [4.69, 9.17) is 10.5 Å². The van der Waals surface area contributed by atoms with Crippen molar-refractivity contribution >= 4 is 35.1 Å². The number of carbonyl (C=O) groups is 4. The fraction of sp³-hybridized carbons (Fsp3) is 0.222. The molecule has 1 aliphatic rings. The Labute approximate surface area is 234 Å². The number of carboxylic acid groups (broad SMARTS) is 1. The third kappa shape index (κ3) is 6.99. The zero-order valence-electron chi connectivity index (χ0n) is 21.5. The van der Waals surface area contributed by atoms with E-state index in [1.165, 1.54) is 13.3 Å². The highest BCUT2D eigenvalue weighted by atomic mass is 16.5. The molecule has 5 N–H and O–H groups in total. The molecule has 0 radical (unpaired) electrons. The second kappa shape index (κ2) is 13.1. The number of nitrogens with two attached hydrogens (primary N) is 1. The highest BCUT2D eigenvalue weighted by Gasteiger charge is 2.19. The van der Waals surface area contributed by atoms with Crippen molar-refractivity contribution in [3.63, 3.8) is 0 Å². The van der Waals surface area contributed by atoms with Crippen LogP contribution in [0, 0.1) is 0 Å². The molecular formula is C27H29N7O7. The number of rotatable bonds is 6. The van der Waals surface area contributed by atoms with Crippen LogP contribution in [0.15, 0.2) is 54.7 Å². The van der Waals surface area contributed by atoms with Gasteiger partial charge in [0.25, 0.3) is 11.8 Å². The minimum atomic E-state index is -1.26. The van der Waals surface area contributed by atoms with Gasteiger partial charge in [0, 0.05) is 12.6 Å².